The van der Waals surface area contributed by atoms with E-state index in [4.69, 9.17) is 14.6 Å². The first-order valence-electron chi connectivity index (χ1n) is 12.2. The molecule has 2 aromatic carbocycles. The number of ether oxygens (including phenoxy) is 2. The predicted molar refractivity (Wildman–Crippen MR) is 133 cm³/mol. The maximum atomic E-state index is 11.0. The number of nitrogens with one attached hydrogen (secondary N) is 1. The summed E-state index contributed by atoms with van der Waals surface area (Å²) < 4.78 is 11.3. The quantitative estimate of drug-likeness (QED) is 0.405. The maximum Gasteiger partial charge on any atom is 0.303 e. The Hall–Kier alpha value is -2.41. The maximum absolute atomic E-state index is 11.0. The number of aliphatic hydroxyl groups is 1. The van der Waals surface area contributed by atoms with Crippen molar-refractivity contribution in [2.45, 2.75) is 70.6 Å². The second-order valence-corrected chi connectivity index (χ2v) is 10.1. The van der Waals surface area contributed by atoms with Gasteiger partial charge in [-0.1, -0.05) is 30.3 Å². The number of β-amino-alcohol motifs (C(OH)–C–C–N with tert-alkyl or cyclic N) is 1. The number of benzene rings is 2. The number of carbonyl (C=O) groups is 1. The molecule has 0 heterocycles. The van der Waals surface area contributed by atoms with E-state index in [1.165, 1.54) is 11.1 Å². The third-order valence-corrected chi connectivity index (χ3v) is 6.69. The van der Waals surface area contributed by atoms with Gasteiger partial charge in [0.05, 0.1) is 25.9 Å². The number of hydrogen-bond acceptors (Lipinski definition) is 5. The summed E-state index contributed by atoms with van der Waals surface area (Å²) in [5, 5.41) is 23.1. The summed E-state index contributed by atoms with van der Waals surface area (Å²) in [4.78, 5) is 11.0. The molecule has 1 aliphatic carbocycles. The van der Waals surface area contributed by atoms with Gasteiger partial charge in [-0.3, -0.25) is 4.79 Å². The largest absolute Gasteiger partial charge is 0.497 e. The Morgan fingerprint density at radius 2 is 1.85 bits per heavy atom. The fourth-order valence-corrected chi connectivity index (χ4v) is 4.93. The van der Waals surface area contributed by atoms with E-state index < -0.39 is 12.1 Å². The van der Waals surface area contributed by atoms with Crippen LogP contribution in [0.25, 0.3) is 0 Å². The van der Waals surface area contributed by atoms with Crippen LogP contribution in [0, 0.1) is 5.92 Å². The number of methoxy groups -OCH3 is 1. The highest BCUT2D eigenvalue weighted by atomic mass is 16.5. The highest BCUT2D eigenvalue weighted by Crippen LogP contribution is 2.32. The van der Waals surface area contributed by atoms with Crippen molar-refractivity contribution in [1.82, 2.24) is 5.32 Å². The Bertz CT molecular complexity index is 933. The number of rotatable bonds is 13. The summed E-state index contributed by atoms with van der Waals surface area (Å²) in [7, 11) is 1.60. The van der Waals surface area contributed by atoms with Gasteiger partial charge in [-0.25, -0.2) is 0 Å². The molecule has 0 fully saturated rings. The molecule has 0 saturated heterocycles. The average Bonchev–Trinajstić information content (AvgIpc) is 3.21. The Kier molecular flexibility index (Phi) is 9.11. The smallest absolute Gasteiger partial charge is 0.303 e. The Balaban J connectivity index is 1.48. The number of aliphatic hydroxyl groups excluding tert-OH is 1. The number of aryl methyl sites for hydroxylation is 1. The zero-order chi connectivity index (χ0) is 24.7. The van der Waals surface area contributed by atoms with Crippen molar-refractivity contribution in [3.05, 3.63) is 64.7 Å². The van der Waals surface area contributed by atoms with Crippen molar-refractivity contribution in [1.29, 1.82) is 0 Å². The lowest BCUT2D eigenvalue weighted by Crippen LogP contribution is -2.45. The number of hydrogen-bond donors (Lipinski definition) is 3. The highest BCUT2D eigenvalue weighted by Gasteiger charge is 2.28. The van der Waals surface area contributed by atoms with E-state index in [0.29, 0.717) is 24.6 Å². The van der Waals surface area contributed by atoms with E-state index in [2.05, 4.69) is 43.4 Å². The molecule has 3 rings (SSSR count). The molecular formula is C28H39NO5. The van der Waals surface area contributed by atoms with Gasteiger partial charge in [-0.15, -0.1) is 0 Å². The minimum atomic E-state index is -0.832. The zero-order valence-corrected chi connectivity index (χ0v) is 20.8. The molecule has 0 radical (unpaired) electrons. The van der Waals surface area contributed by atoms with Crippen LogP contribution >= 0.6 is 0 Å². The van der Waals surface area contributed by atoms with Crippen molar-refractivity contribution < 1.29 is 24.5 Å². The van der Waals surface area contributed by atoms with Gasteiger partial charge in [-0.05, 0) is 86.8 Å². The lowest BCUT2D eigenvalue weighted by molar-refractivity contribution is -0.136. The van der Waals surface area contributed by atoms with Crippen LogP contribution in [0.5, 0.6) is 5.75 Å². The van der Waals surface area contributed by atoms with Gasteiger partial charge in [0.1, 0.15) is 5.75 Å². The summed E-state index contributed by atoms with van der Waals surface area (Å²) in [6, 6.07) is 14.3. The summed E-state index contributed by atoms with van der Waals surface area (Å²) >= 11 is 0. The summed E-state index contributed by atoms with van der Waals surface area (Å²) in [6.07, 6.45) is 2.83. The lowest BCUT2D eigenvalue weighted by Gasteiger charge is -2.31. The molecule has 0 aliphatic heterocycles. The van der Waals surface area contributed by atoms with Crippen molar-refractivity contribution in [2.24, 2.45) is 5.92 Å². The van der Waals surface area contributed by atoms with E-state index in [9.17, 15) is 9.90 Å². The minimum absolute atomic E-state index is 0.0553. The molecule has 6 nitrogen and oxygen atoms in total. The van der Waals surface area contributed by atoms with Gasteiger partial charge in [0.2, 0.25) is 0 Å². The molecule has 3 N–H and O–H groups in total. The number of carboxylic acid groups (broad SMARTS) is 1. The molecule has 0 unspecified atom stereocenters. The molecule has 2 aromatic rings. The van der Waals surface area contributed by atoms with Gasteiger partial charge in [0.15, 0.2) is 0 Å². The summed E-state index contributed by atoms with van der Waals surface area (Å²) in [5.41, 5.74) is 4.65. The van der Waals surface area contributed by atoms with Gasteiger partial charge in [0, 0.05) is 18.5 Å². The lowest BCUT2D eigenvalue weighted by atomic mass is 9.88. The number of aliphatic carboxylic acids is 1. The number of fused-ring (bicyclic) bond motifs is 1. The van der Waals surface area contributed by atoms with Crippen molar-refractivity contribution in [3.8, 4) is 5.75 Å². The molecule has 0 aromatic heterocycles. The SMILES string of the molecule is COc1ccc(CCC(=O)O)c([C@@H](C)OC[C@H](O)CNC(C)(C)CC2Cc3ccccc3C2)c1. The van der Waals surface area contributed by atoms with Crippen molar-refractivity contribution in [2.75, 3.05) is 20.3 Å². The molecule has 2 atom stereocenters. The van der Waals surface area contributed by atoms with E-state index in [1.807, 2.05) is 25.1 Å². The van der Waals surface area contributed by atoms with Crippen LogP contribution < -0.4 is 10.1 Å². The Labute approximate surface area is 203 Å². The van der Waals surface area contributed by atoms with Crippen LogP contribution in [0.4, 0.5) is 0 Å². The van der Waals surface area contributed by atoms with Crippen LogP contribution in [0.3, 0.4) is 0 Å². The van der Waals surface area contributed by atoms with Gasteiger partial charge in [-0.2, -0.15) is 0 Å². The normalized spacial score (nSPS) is 15.7. The monoisotopic (exact) mass is 469 g/mol. The van der Waals surface area contributed by atoms with Crippen LogP contribution in [0.1, 0.15) is 62.0 Å². The third kappa shape index (κ3) is 7.55. The molecule has 0 bridgehead atoms. The standard InChI is InChI=1S/C28H39NO5/c1-19(26-15-25(33-4)11-9-21(26)10-12-27(31)32)34-18-24(30)17-29-28(2,3)16-20-13-22-7-5-6-8-23(22)14-20/h5-9,11,15,19-20,24,29-30H,10,12-14,16-18H2,1-4H3,(H,31,32)/t19-,24-/m1/s1. The fourth-order valence-electron chi connectivity index (χ4n) is 4.93. The topological polar surface area (TPSA) is 88.0 Å². The molecule has 34 heavy (non-hydrogen) atoms. The Morgan fingerprint density at radius 3 is 2.47 bits per heavy atom. The van der Waals surface area contributed by atoms with Gasteiger partial charge in [0.25, 0.3) is 0 Å². The van der Waals surface area contributed by atoms with E-state index >= 15 is 0 Å². The molecule has 1 aliphatic rings. The fraction of sp³-hybridized carbons (Fsp3) is 0.536. The first-order chi connectivity index (χ1) is 16.2. The van der Waals surface area contributed by atoms with Crippen molar-refractivity contribution in [3.63, 3.8) is 0 Å². The number of carboxylic acids is 1. The van der Waals surface area contributed by atoms with E-state index in [-0.39, 0.29) is 24.7 Å². The summed E-state index contributed by atoms with van der Waals surface area (Å²) in [5.74, 6) is 0.481. The minimum Gasteiger partial charge on any atom is -0.497 e. The first kappa shape index (κ1) is 26.2. The van der Waals surface area contributed by atoms with Gasteiger partial charge < -0.3 is 25.0 Å². The first-order valence-corrected chi connectivity index (χ1v) is 12.2. The Morgan fingerprint density at radius 1 is 1.18 bits per heavy atom. The third-order valence-electron chi connectivity index (χ3n) is 6.69. The highest BCUT2D eigenvalue weighted by molar-refractivity contribution is 5.67. The molecule has 0 spiro atoms. The predicted octanol–water partition coefficient (Wildman–Crippen LogP) is 4.32. The van der Waals surface area contributed by atoms with Crippen LogP contribution in [0.2, 0.25) is 0 Å². The summed E-state index contributed by atoms with van der Waals surface area (Å²) in [6.45, 7) is 6.94. The molecular weight excluding hydrogens is 430 g/mol. The second-order valence-electron chi connectivity index (χ2n) is 10.1. The second kappa shape index (κ2) is 11.8. The van der Waals surface area contributed by atoms with Gasteiger partial charge >= 0.3 is 5.97 Å². The molecule has 0 saturated carbocycles. The zero-order valence-electron chi connectivity index (χ0n) is 20.8. The van der Waals surface area contributed by atoms with E-state index in [1.54, 1.807) is 7.11 Å². The van der Waals surface area contributed by atoms with Crippen LogP contribution in [-0.4, -0.2) is 48.1 Å². The van der Waals surface area contributed by atoms with Crippen molar-refractivity contribution >= 4 is 5.97 Å². The van der Waals surface area contributed by atoms with E-state index in [0.717, 1.165) is 30.4 Å². The molecule has 6 heteroatoms. The molecule has 186 valence electrons. The average molecular weight is 470 g/mol. The van der Waals surface area contributed by atoms with Crippen LogP contribution in [-0.2, 0) is 28.8 Å². The van der Waals surface area contributed by atoms with Crippen LogP contribution in [0.15, 0.2) is 42.5 Å². The molecule has 0 amide bonds.